The molecule has 0 radical (unpaired) electrons. The van der Waals surface area contributed by atoms with Gasteiger partial charge >= 0.3 is 0 Å². The van der Waals surface area contributed by atoms with E-state index >= 15 is 0 Å². The summed E-state index contributed by atoms with van der Waals surface area (Å²) < 4.78 is 0. The van der Waals surface area contributed by atoms with Gasteiger partial charge in [0.15, 0.2) is 5.78 Å². The number of benzene rings is 1. The molecule has 0 fully saturated rings. The Hall–Kier alpha value is -1.75. The molecule has 0 aliphatic heterocycles. The highest BCUT2D eigenvalue weighted by atomic mass is 16.6. The van der Waals surface area contributed by atoms with Gasteiger partial charge in [0, 0.05) is 17.2 Å². The maximum atomic E-state index is 11.6. The van der Waals surface area contributed by atoms with Crippen molar-refractivity contribution in [2.24, 2.45) is 5.73 Å². The quantitative estimate of drug-likeness (QED) is 0.549. The van der Waals surface area contributed by atoms with Crippen LogP contribution >= 0.6 is 0 Å². The highest BCUT2D eigenvalue weighted by molar-refractivity contribution is 6.03. The Kier molecular flexibility index (Phi) is 2.24. The van der Waals surface area contributed by atoms with Crippen LogP contribution < -0.4 is 5.73 Å². The Morgan fingerprint density at radius 3 is 2.87 bits per heavy atom. The minimum absolute atomic E-state index is 0.0211. The lowest BCUT2D eigenvalue weighted by Gasteiger charge is -2.19. The van der Waals surface area contributed by atoms with Crippen LogP contribution in [0.25, 0.3) is 0 Å². The first-order valence-electron chi connectivity index (χ1n) is 4.67. The summed E-state index contributed by atoms with van der Waals surface area (Å²) in [6, 6.07) is 4.03. The molecule has 1 unspecified atom stereocenters. The molecular formula is C10H10N2O3. The number of carbonyl (C=O) groups is 1. The van der Waals surface area contributed by atoms with E-state index in [4.69, 9.17) is 5.73 Å². The van der Waals surface area contributed by atoms with Gasteiger partial charge in [0.05, 0.1) is 11.0 Å². The number of nitro groups is 1. The molecule has 0 aromatic heterocycles. The lowest BCUT2D eigenvalue weighted by atomic mass is 9.86. The highest BCUT2D eigenvalue weighted by Crippen LogP contribution is 2.28. The van der Waals surface area contributed by atoms with Crippen LogP contribution in [0.2, 0.25) is 0 Å². The van der Waals surface area contributed by atoms with E-state index in [1.807, 2.05) is 0 Å². The van der Waals surface area contributed by atoms with Crippen molar-refractivity contribution in [1.29, 1.82) is 0 Å². The number of Topliss-reactive ketones (excluding diaryl/α,β-unsaturated/α-hetero) is 1. The van der Waals surface area contributed by atoms with Crippen molar-refractivity contribution in [2.75, 3.05) is 0 Å². The van der Waals surface area contributed by atoms with Gasteiger partial charge in [-0.1, -0.05) is 12.1 Å². The van der Waals surface area contributed by atoms with Crippen molar-refractivity contribution in [3.05, 3.63) is 39.4 Å². The molecule has 0 amide bonds. The maximum Gasteiger partial charge on any atom is 0.273 e. The zero-order chi connectivity index (χ0) is 11.0. The van der Waals surface area contributed by atoms with Crippen LogP contribution in [0.1, 0.15) is 22.3 Å². The van der Waals surface area contributed by atoms with E-state index < -0.39 is 11.0 Å². The summed E-state index contributed by atoms with van der Waals surface area (Å²) in [5.74, 6) is -0.194. The largest absolute Gasteiger partial charge is 0.321 e. The molecule has 5 nitrogen and oxygen atoms in total. The van der Waals surface area contributed by atoms with E-state index in [9.17, 15) is 14.9 Å². The molecule has 0 spiro atoms. The molecule has 1 aromatic carbocycles. The Morgan fingerprint density at radius 2 is 2.20 bits per heavy atom. The summed E-state index contributed by atoms with van der Waals surface area (Å²) in [6.07, 6.45) is 0.982. The Labute approximate surface area is 86.0 Å². The average Bonchev–Trinajstić information content (AvgIpc) is 2.23. The van der Waals surface area contributed by atoms with Crippen LogP contribution in [0.3, 0.4) is 0 Å². The summed E-state index contributed by atoms with van der Waals surface area (Å²) >= 11 is 0. The predicted octanol–water partition coefficient (Wildman–Crippen LogP) is 1.05. The number of hydrogen-bond donors (Lipinski definition) is 1. The van der Waals surface area contributed by atoms with Crippen LogP contribution in [0.15, 0.2) is 18.2 Å². The third-order valence-corrected chi connectivity index (χ3v) is 2.66. The normalized spacial score (nSPS) is 19.8. The van der Waals surface area contributed by atoms with E-state index in [-0.39, 0.29) is 11.5 Å². The van der Waals surface area contributed by atoms with Gasteiger partial charge in [-0.2, -0.15) is 0 Å². The van der Waals surface area contributed by atoms with Gasteiger partial charge in [0.1, 0.15) is 0 Å². The summed E-state index contributed by atoms with van der Waals surface area (Å²) in [7, 11) is 0. The molecule has 0 bridgehead atoms. The third kappa shape index (κ3) is 1.50. The second-order valence-electron chi connectivity index (χ2n) is 3.57. The second kappa shape index (κ2) is 3.43. The van der Waals surface area contributed by atoms with Gasteiger partial charge in [0.2, 0.25) is 0 Å². The maximum absolute atomic E-state index is 11.6. The van der Waals surface area contributed by atoms with Gasteiger partial charge in [0.25, 0.3) is 5.69 Å². The molecule has 78 valence electrons. The highest BCUT2D eigenvalue weighted by Gasteiger charge is 2.29. The third-order valence-electron chi connectivity index (χ3n) is 2.66. The van der Waals surface area contributed by atoms with Crippen molar-refractivity contribution in [1.82, 2.24) is 0 Å². The fraction of sp³-hybridized carbons (Fsp3) is 0.300. The smallest absolute Gasteiger partial charge is 0.273 e. The fourth-order valence-electron chi connectivity index (χ4n) is 1.87. The molecular weight excluding hydrogens is 196 g/mol. The lowest BCUT2D eigenvalue weighted by molar-refractivity contribution is -0.385. The van der Waals surface area contributed by atoms with Crippen LogP contribution in [-0.2, 0) is 6.42 Å². The molecule has 1 aliphatic carbocycles. The van der Waals surface area contributed by atoms with E-state index in [1.54, 1.807) is 6.07 Å². The standard InChI is InChI=1S/C10H10N2O3/c11-8-5-4-6-7(10(8)13)2-1-3-9(6)12(14)15/h1-3,8H,4-5,11H2. The first-order chi connectivity index (χ1) is 7.11. The Bertz CT molecular complexity index is 442. The summed E-state index contributed by atoms with van der Waals surface area (Å²) in [5.41, 5.74) is 6.55. The topological polar surface area (TPSA) is 86.2 Å². The second-order valence-corrected chi connectivity index (χ2v) is 3.57. The Balaban J connectivity index is 2.58. The molecule has 2 rings (SSSR count). The number of nitro benzene ring substituents is 1. The van der Waals surface area contributed by atoms with Gasteiger partial charge in [-0.3, -0.25) is 14.9 Å². The van der Waals surface area contributed by atoms with Gasteiger partial charge in [-0.05, 0) is 12.8 Å². The molecule has 15 heavy (non-hydrogen) atoms. The molecule has 5 heteroatoms. The van der Waals surface area contributed by atoms with E-state index in [0.717, 1.165) is 0 Å². The fourth-order valence-corrected chi connectivity index (χ4v) is 1.87. The molecule has 0 heterocycles. The van der Waals surface area contributed by atoms with Gasteiger partial charge < -0.3 is 5.73 Å². The van der Waals surface area contributed by atoms with E-state index in [1.165, 1.54) is 12.1 Å². The van der Waals surface area contributed by atoms with E-state index in [0.29, 0.717) is 24.0 Å². The Morgan fingerprint density at radius 1 is 1.47 bits per heavy atom. The SMILES string of the molecule is NC1CCc2c(cccc2[N+](=O)[O-])C1=O. The van der Waals surface area contributed by atoms with E-state index in [2.05, 4.69) is 0 Å². The van der Waals surface area contributed by atoms with Crippen LogP contribution in [0.4, 0.5) is 5.69 Å². The minimum atomic E-state index is -0.514. The molecule has 1 atom stereocenters. The van der Waals surface area contributed by atoms with Crippen LogP contribution in [-0.4, -0.2) is 16.7 Å². The number of fused-ring (bicyclic) bond motifs is 1. The summed E-state index contributed by atoms with van der Waals surface area (Å²) in [5, 5.41) is 10.7. The van der Waals surface area contributed by atoms with Gasteiger partial charge in [-0.25, -0.2) is 0 Å². The number of rotatable bonds is 1. The first-order valence-corrected chi connectivity index (χ1v) is 4.67. The van der Waals surface area contributed by atoms with Crippen molar-refractivity contribution >= 4 is 11.5 Å². The molecule has 1 aliphatic rings. The van der Waals surface area contributed by atoms with Crippen LogP contribution in [0, 0.1) is 10.1 Å². The van der Waals surface area contributed by atoms with Crippen LogP contribution in [0.5, 0.6) is 0 Å². The summed E-state index contributed by atoms with van der Waals surface area (Å²) in [6.45, 7) is 0. The average molecular weight is 206 g/mol. The zero-order valence-electron chi connectivity index (χ0n) is 7.97. The first kappa shape index (κ1) is 9.79. The number of nitrogens with two attached hydrogens (primary N) is 1. The zero-order valence-corrected chi connectivity index (χ0v) is 7.97. The summed E-state index contributed by atoms with van der Waals surface area (Å²) in [4.78, 5) is 21.9. The predicted molar refractivity (Wildman–Crippen MR) is 53.7 cm³/mol. The van der Waals surface area contributed by atoms with Crippen molar-refractivity contribution in [2.45, 2.75) is 18.9 Å². The van der Waals surface area contributed by atoms with Crippen molar-refractivity contribution in [3.8, 4) is 0 Å². The molecule has 0 saturated heterocycles. The lowest BCUT2D eigenvalue weighted by Crippen LogP contribution is -2.35. The van der Waals surface area contributed by atoms with Crippen molar-refractivity contribution in [3.63, 3.8) is 0 Å². The monoisotopic (exact) mass is 206 g/mol. The number of hydrogen-bond acceptors (Lipinski definition) is 4. The molecule has 2 N–H and O–H groups in total. The van der Waals surface area contributed by atoms with Crippen molar-refractivity contribution < 1.29 is 9.72 Å². The molecule has 0 saturated carbocycles. The number of carbonyl (C=O) groups excluding carboxylic acids is 1. The minimum Gasteiger partial charge on any atom is -0.321 e. The molecule has 1 aromatic rings. The van der Waals surface area contributed by atoms with Gasteiger partial charge in [-0.15, -0.1) is 0 Å². The number of ketones is 1. The number of nitrogens with zero attached hydrogens (tertiary/aromatic N) is 1.